The van der Waals surface area contributed by atoms with Gasteiger partial charge in [0.2, 0.25) is 5.91 Å². The first-order valence-corrected chi connectivity index (χ1v) is 7.82. The maximum Gasteiger partial charge on any atom is 0.223 e. The van der Waals surface area contributed by atoms with Gasteiger partial charge in [-0.3, -0.25) is 4.79 Å². The zero-order valence-electron chi connectivity index (χ0n) is 12.8. The number of carbonyl (C=O) groups excluding carboxylic acids is 1. The van der Waals surface area contributed by atoms with Crippen LogP contribution in [0.15, 0.2) is 42.5 Å². The van der Waals surface area contributed by atoms with Crippen molar-refractivity contribution in [2.24, 2.45) is 17.8 Å². The highest BCUT2D eigenvalue weighted by atomic mass is 16.1. The molecule has 1 amide bonds. The van der Waals surface area contributed by atoms with Crippen LogP contribution in [0.5, 0.6) is 0 Å². The Hall–Kier alpha value is -1.61. The lowest BCUT2D eigenvalue weighted by Crippen LogP contribution is -2.38. The van der Waals surface area contributed by atoms with Crippen molar-refractivity contribution >= 4 is 5.91 Å². The highest BCUT2D eigenvalue weighted by molar-refractivity contribution is 5.80. The lowest BCUT2D eigenvalue weighted by molar-refractivity contribution is -0.125. The van der Waals surface area contributed by atoms with Crippen molar-refractivity contribution in [3.63, 3.8) is 0 Å². The molecule has 1 N–H and O–H groups in total. The van der Waals surface area contributed by atoms with Crippen LogP contribution in [0.4, 0.5) is 0 Å². The normalized spacial score (nSPS) is 28.0. The summed E-state index contributed by atoms with van der Waals surface area (Å²) in [5.41, 5.74) is 1.25. The minimum absolute atomic E-state index is 0.193. The van der Waals surface area contributed by atoms with Gasteiger partial charge in [0.25, 0.3) is 0 Å². The van der Waals surface area contributed by atoms with Crippen molar-refractivity contribution in [1.82, 2.24) is 10.2 Å². The Kier molecular flexibility index (Phi) is 4.11. The molecule has 0 saturated heterocycles. The smallest absolute Gasteiger partial charge is 0.223 e. The van der Waals surface area contributed by atoms with E-state index in [4.69, 9.17) is 0 Å². The predicted octanol–water partition coefficient (Wildman–Crippen LogP) is 2.62. The second kappa shape index (κ2) is 6.02. The number of carbonyl (C=O) groups is 1. The number of fused-ring (bicyclic) bond motifs is 2. The van der Waals surface area contributed by atoms with Crippen molar-refractivity contribution in [2.45, 2.75) is 18.9 Å². The number of nitrogens with one attached hydrogen (secondary N) is 1. The molecular formula is C18H24N2O. The maximum absolute atomic E-state index is 12.4. The number of amides is 1. The molecule has 1 aromatic rings. The van der Waals surface area contributed by atoms with Gasteiger partial charge in [-0.25, -0.2) is 0 Å². The average molecular weight is 284 g/mol. The van der Waals surface area contributed by atoms with Crippen LogP contribution in [-0.2, 0) is 4.79 Å². The first-order chi connectivity index (χ1) is 10.1. The fourth-order valence-corrected chi connectivity index (χ4v) is 3.68. The number of hydrogen-bond donors (Lipinski definition) is 1. The monoisotopic (exact) mass is 284 g/mol. The van der Waals surface area contributed by atoms with E-state index in [1.807, 2.05) is 18.2 Å². The Morgan fingerprint density at radius 1 is 1.24 bits per heavy atom. The van der Waals surface area contributed by atoms with Gasteiger partial charge in [0.15, 0.2) is 0 Å². The molecule has 3 rings (SSSR count). The highest BCUT2D eigenvalue weighted by Gasteiger charge is 2.39. The molecule has 1 fully saturated rings. The summed E-state index contributed by atoms with van der Waals surface area (Å²) >= 11 is 0. The van der Waals surface area contributed by atoms with E-state index in [0.29, 0.717) is 18.4 Å². The van der Waals surface area contributed by atoms with E-state index in [2.05, 4.69) is 48.6 Å². The Morgan fingerprint density at radius 3 is 2.57 bits per heavy atom. The SMILES string of the molecule is CN(C)C(CNC(=O)C1CC2C=CC1C2)c1ccccc1. The minimum Gasteiger partial charge on any atom is -0.354 e. The number of hydrogen-bond acceptors (Lipinski definition) is 2. The van der Waals surface area contributed by atoms with Crippen LogP contribution < -0.4 is 5.32 Å². The van der Waals surface area contributed by atoms with E-state index in [9.17, 15) is 4.79 Å². The van der Waals surface area contributed by atoms with Crippen molar-refractivity contribution in [2.75, 3.05) is 20.6 Å². The molecule has 1 aromatic carbocycles. The van der Waals surface area contributed by atoms with Gasteiger partial charge in [0.05, 0.1) is 6.04 Å². The molecule has 0 aliphatic heterocycles. The van der Waals surface area contributed by atoms with Crippen LogP contribution in [0.1, 0.15) is 24.4 Å². The van der Waals surface area contributed by atoms with E-state index in [-0.39, 0.29) is 17.9 Å². The fourth-order valence-electron chi connectivity index (χ4n) is 3.68. The molecule has 0 radical (unpaired) electrons. The van der Waals surface area contributed by atoms with Crippen LogP contribution in [0.2, 0.25) is 0 Å². The molecule has 0 spiro atoms. The molecule has 4 atom stereocenters. The van der Waals surface area contributed by atoms with Crippen LogP contribution >= 0.6 is 0 Å². The molecule has 21 heavy (non-hydrogen) atoms. The summed E-state index contributed by atoms with van der Waals surface area (Å²) in [4.78, 5) is 14.6. The summed E-state index contributed by atoms with van der Waals surface area (Å²) in [7, 11) is 4.12. The Balaban J connectivity index is 1.60. The third kappa shape index (κ3) is 3.03. The van der Waals surface area contributed by atoms with Crippen molar-refractivity contribution in [3.05, 3.63) is 48.0 Å². The van der Waals surface area contributed by atoms with Gasteiger partial charge < -0.3 is 10.2 Å². The van der Waals surface area contributed by atoms with Gasteiger partial charge in [-0.05, 0) is 44.3 Å². The largest absolute Gasteiger partial charge is 0.354 e. The van der Waals surface area contributed by atoms with Crippen LogP contribution in [0, 0.1) is 17.8 Å². The van der Waals surface area contributed by atoms with E-state index < -0.39 is 0 Å². The number of likely N-dealkylation sites (N-methyl/N-ethyl adjacent to an activating group) is 1. The standard InChI is InChI=1S/C18H24N2O/c1-20(2)17(14-6-4-3-5-7-14)12-19-18(21)16-11-13-8-9-15(16)10-13/h3-9,13,15-17H,10-12H2,1-2H3,(H,19,21). The topological polar surface area (TPSA) is 32.3 Å². The van der Waals surface area contributed by atoms with E-state index in [0.717, 1.165) is 6.42 Å². The predicted molar refractivity (Wildman–Crippen MR) is 84.7 cm³/mol. The lowest BCUT2D eigenvalue weighted by Gasteiger charge is -2.26. The molecule has 1 saturated carbocycles. The summed E-state index contributed by atoms with van der Waals surface area (Å²) in [6.45, 7) is 0.674. The summed E-state index contributed by atoms with van der Waals surface area (Å²) in [5, 5.41) is 3.17. The Morgan fingerprint density at radius 2 is 2.00 bits per heavy atom. The van der Waals surface area contributed by atoms with E-state index >= 15 is 0 Å². The van der Waals surface area contributed by atoms with Crippen molar-refractivity contribution < 1.29 is 4.79 Å². The van der Waals surface area contributed by atoms with Gasteiger partial charge in [-0.1, -0.05) is 42.5 Å². The van der Waals surface area contributed by atoms with Gasteiger partial charge in [-0.2, -0.15) is 0 Å². The minimum atomic E-state index is 0.193. The highest BCUT2D eigenvalue weighted by Crippen LogP contribution is 2.43. The molecule has 3 nitrogen and oxygen atoms in total. The Labute approximate surface area is 127 Å². The molecule has 2 aliphatic rings. The second-order valence-electron chi connectivity index (χ2n) is 6.52. The van der Waals surface area contributed by atoms with Gasteiger partial charge in [0.1, 0.15) is 0 Å². The third-order valence-electron chi connectivity index (χ3n) is 4.89. The van der Waals surface area contributed by atoms with Crippen LogP contribution in [-0.4, -0.2) is 31.4 Å². The first-order valence-electron chi connectivity index (χ1n) is 7.82. The lowest BCUT2D eigenvalue weighted by atomic mass is 9.92. The number of allylic oxidation sites excluding steroid dienone is 2. The summed E-state index contributed by atoms with van der Waals surface area (Å²) < 4.78 is 0. The van der Waals surface area contributed by atoms with Gasteiger partial charge in [0, 0.05) is 12.5 Å². The third-order valence-corrected chi connectivity index (χ3v) is 4.89. The first kappa shape index (κ1) is 14.3. The molecule has 112 valence electrons. The maximum atomic E-state index is 12.4. The zero-order chi connectivity index (χ0) is 14.8. The molecule has 0 heterocycles. The summed E-state index contributed by atoms with van der Waals surface area (Å²) in [5.74, 6) is 1.54. The van der Waals surface area contributed by atoms with Crippen LogP contribution in [0.3, 0.4) is 0 Å². The summed E-state index contributed by atoms with van der Waals surface area (Å²) in [6, 6.07) is 10.6. The molecule has 3 heteroatoms. The number of nitrogens with zero attached hydrogens (tertiary/aromatic N) is 1. The van der Waals surface area contributed by atoms with Gasteiger partial charge >= 0.3 is 0 Å². The van der Waals surface area contributed by atoms with E-state index in [1.165, 1.54) is 12.0 Å². The zero-order valence-corrected chi connectivity index (χ0v) is 12.8. The molecule has 2 bridgehead atoms. The van der Waals surface area contributed by atoms with Gasteiger partial charge in [-0.15, -0.1) is 0 Å². The summed E-state index contributed by atoms with van der Waals surface area (Å²) in [6.07, 6.45) is 6.72. The second-order valence-corrected chi connectivity index (χ2v) is 6.52. The average Bonchev–Trinajstić information content (AvgIpc) is 3.11. The molecular weight excluding hydrogens is 260 g/mol. The molecule has 0 aromatic heterocycles. The van der Waals surface area contributed by atoms with Crippen molar-refractivity contribution in [1.29, 1.82) is 0 Å². The number of rotatable bonds is 5. The quantitative estimate of drug-likeness (QED) is 0.843. The van der Waals surface area contributed by atoms with Crippen LogP contribution in [0.25, 0.3) is 0 Å². The van der Waals surface area contributed by atoms with Crippen molar-refractivity contribution in [3.8, 4) is 0 Å². The molecule has 2 aliphatic carbocycles. The number of benzene rings is 1. The van der Waals surface area contributed by atoms with E-state index in [1.54, 1.807) is 0 Å². The molecule has 4 unspecified atom stereocenters. The Bertz CT molecular complexity index is 523. The fraction of sp³-hybridized carbons (Fsp3) is 0.500.